The van der Waals surface area contributed by atoms with Crippen LogP contribution in [-0.4, -0.2) is 25.0 Å². The van der Waals surface area contributed by atoms with E-state index in [1.54, 1.807) is 0 Å². The highest BCUT2D eigenvalue weighted by molar-refractivity contribution is 5.82. The first-order valence-corrected chi connectivity index (χ1v) is 6.84. The topological polar surface area (TPSA) is 41.1 Å². The van der Waals surface area contributed by atoms with Crippen LogP contribution in [0.5, 0.6) is 0 Å². The fraction of sp³-hybridized carbons (Fsp3) is 0.929. The molecule has 2 fully saturated rings. The van der Waals surface area contributed by atoms with E-state index in [2.05, 4.69) is 38.3 Å². The number of hydrogen-bond acceptors (Lipinski definition) is 2. The molecule has 2 rings (SSSR count). The molecule has 1 aliphatic carbocycles. The standard InChI is InChI=1S/C14H26N2O/c1-13(2)6-5-7-15-11(13)9-16-12(17)10-8-14(10,3)4/h10-11,15H,5-9H2,1-4H3,(H,16,17). The van der Waals surface area contributed by atoms with Gasteiger partial charge in [0.2, 0.25) is 5.91 Å². The molecule has 1 amide bonds. The molecule has 17 heavy (non-hydrogen) atoms. The molecule has 0 aromatic rings. The van der Waals surface area contributed by atoms with E-state index in [1.807, 2.05) is 0 Å². The monoisotopic (exact) mass is 238 g/mol. The Balaban J connectivity index is 1.80. The van der Waals surface area contributed by atoms with Crippen molar-refractivity contribution < 1.29 is 4.79 Å². The number of amides is 1. The van der Waals surface area contributed by atoms with Gasteiger partial charge >= 0.3 is 0 Å². The molecule has 1 saturated heterocycles. The van der Waals surface area contributed by atoms with E-state index >= 15 is 0 Å². The molecule has 1 aliphatic heterocycles. The zero-order valence-electron chi connectivity index (χ0n) is 11.6. The number of nitrogens with one attached hydrogen (secondary N) is 2. The van der Waals surface area contributed by atoms with Gasteiger partial charge in [0.25, 0.3) is 0 Å². The minimum atomic E-state index is 0.236. The third-order valence-corrected chi connectivity index (χ3v) is 4.64. The second kappa shape index (κ2) is 4.27. The van der Waals surface area contributed by atoms with Crippen molar-refractivity contribution in [1.82, 2.24) is 10.6 Å². The fourth-order valence-corrected chi connectivity index (χ4v) is 2.86. The molecule has 98 valence electrons. The lowest BCUT2D eigenvalue weighted by Crippen LogP contribution is -2.53. The van der Waals surface area contributed by atoms with Gasteiger partial charge in [-0.25, -0.2) is 0 Å². The summed E-state index contributed by atoms with van der Waals surface area (Å²) in [5.41, 5.74) is 0.532. The highest BCUT2D eigenvalue weighted by Crippen LogP contribution is 2.51. The van der Waals surface area contributed by atoms with E-state index in [9.17, 15) is 4.79 Å². The summed E-state index contributed by atoms with van der Waals surface area (Å²) in [7, 11) is 0. The second-order valence-corrected chi connectivity index (χ2v) is 7.09. The predicted octanol–water partition coefficient (Wildman–Crippen LogP) is 1.93. The normalized spacial score (nSPS) is 34.1. The van der Waals surface area contributed by atoms with Gasteiger partial charge in [-0.1, -0.05) is 27.7 Å². The molecule has 0 radical (unpaired) electrons. The van der Waals surface area contributed by atoms with E-state index in [-0.39, 0.29) is 17.2 Å². The van der Waals surface area contributed by atoms with E-state index in [4.69, 9.17) is 0 Å². The smallest absolute Gasteiger partial charge is 0.223 e. The molecule has 2 aliphatic rings. The van der Waals surface area contributed by atoms with Crippen molar-refractivity contribution in [2.45, 2.75) is 53.0 Å². The van der Waals surface area contributed by atoms with Gasteiger partial charge in [-0.15, -0.1) is 0 Å². The molecule has 3 heteroatoms. The number of carbonyl (C=O) groups excluding carboxylic acids is 1. The summed E-state index contributed by atoms with van der Waals surface area (Å²) in [5, 5.41) is 6.65. The van der Waals surface area contributed by atoms with E-state index < -0.39 is 0 Å². The van der Waals surface area contributed by atoms with E-state index in [0.29, 0.717) is 11.5 Å². The highest BCUT2D eigenvalue weighted by atomic mass is 16.2. The zero-order chi connectivity index (χ0) is 12.7. The lowest BCUT2D eigenvalue weighted by molar-refractivity contribution is -0.123. The summed E-state index contributed by atoms with van der Waals surface area (Å²) in [6.45, 7) is 10.8. The molecule has 0 spiro atoms. The largest absolute Gasteiger partial charge is 0.354 e. The van der Waals surface area contributed by atoms with Crippen LogP contribution in [0.2, 0.25) is 0 Å². The van der Waals surface area contributed by atoms with Gasteiger partial charge in [0.05, 0.1) is 0 Å². The molecule has 1 saturated carbocycles. The van der Waals surface area contributed by atoms with Gasteiger partial charge in [-0.05, 0) is 36.6 Å². The first-order chi connectivity index (χ1) is 7.83. The maximum Gasteiger partial charge on any atom is 0.223 e. The summed E-state index contributed by atoms with van der Waals surface area (Å²) in [6, 6.07) is 0.419. The maximum atomic E-state index is 11.9. The first-order valence-electron chi connectivity index (χ1n) is 6.84. The second-order valence-electron chi connectivity index (χ2n) is 7.09. The van der Waals surface area contributed by atoms with Gasteiger partial charge in [0.15, 0.2) is 0 Å². The summed E-state index contributed by atoms with van der Waals surface area (Å²) in [4.78, 5) is 11.9. The minimum Gasteiger partial charge on any atom is -0.354 e. The van der Waals surface area contributed by atoms with Crippen LogP contribution in [0.3, 0.4) is 0 Å². The van der Waals surface area contributed by atoms with Gasteiger partial charge in [0, 0.05) is 18.5 Å². The molecule has 2 atom stereocenters. The Morgan fingerprint density at radius 3 is 2.47 bits per heavy atom. The van der Waals surface area contributed by atoms with Crippen molar-refractivity contribution in [3.63, 3.8) is 0 Å². The number of carbonyl (C=O) groups is 1. The molecular formula is C14H26N2O. The fourth-order valence-electron chi connectivity index (χ4n) is 2.86. The van der Waals surface area contributed by atoms with Crippen LogP contribution < -0.4 is 10.6 Å². The number of rotatable bonds is 3. The highest BCUT2D eigenvalue weighted by Gasteiger charge is 2.50. The Morgan fingerprint density at radius 1 is 1.29 bits per heavy atom. The Labute approximate surface area is 105 Å². The third-order valence-electron chi connectivity index (χ3n) is 4.64. The van der Waals surface area contributed by atoms with Crippen LogP contribution in [0.4, 0.5) is 0 Å². The lowest BCUT2D eigenvalue weighted by atomic mass is 9.77. The summed E-state index contributed by atoms with van der Waals surface area (Å²) in [6.07, 6.45) is 3.53. The van der Waals surface area contributed by atoms with E-state index in [0.717, 1.165) is 19.5 Å². The van der Waals surface area contributed by atoms with Crippen LogP contribution in [-0.2, 0) is 4.79 Å². The molecule has 0 aromatic heterocycles. The minimum absolute atomic E-state index is 0.236. The van der Waals surface area contributed by atoms with Crippen molar-refractivity contribution in [2.24, 2.45) is 16.7 Å². The first kappa shape index (κ1) is 12.9. The van der Waals surface area contributed by atoms with Gasteiger partial charge in [-0.2, -0.15) is 0 Å². The summed E-state index contributed by atoms with van der Waals surface area (Å²) >= 11 is 0. The predicted molar refractivity (Wildman–Crippen MR) is 69.7 cm³/mol. The average molecular weight is 238 g/mol. The van der Waals surface area contributed by atoms with Crippen LogP contribution in [0.25, 0.3) is 0 Å². The molecule has 2 unspecified atom stereocenters. The van der Waals surface area contributed by atoms with Crippen LogP contribution in [0, 0.1) is 16.7 Å². The van der Waals surface area contributed by atoms with Crippen molar-refractivity contribution in [3.05, 3.63) is 0 Å². The Hall–Kier alpha value is -0.570. The molecule has 0 aromatic carbocycles. The van der Waals surface area contributed by atoms with Crippen molar-refractivity contribution in [1.29, 1.82) is 0 Å². The molecular weight excluding hydrogens is 212 g/mol. The van der Waals surface area contributed by atoms with Crippen molar-refractivity contribution in [2.75, 3.05) is 13.1 Å². The van der Waals surface area contributed by atoms with Crippen molar-refractivity contribution in [3.8, 4) is 0 Å². The summed E-state index contributed by atoms with van der Waals surface area (Å²) in [5.74, 6) is 0.493. The average Bonchev–Trinajstić information content (AvgIpc) is 2.85. The van der Waals surface area contributed by atoms with Crippen LogP contribution in [0.15, 0.2) is 0 Å². The Morgan fingerprint density at radius 2 is 1.94 bits per heavy atom. The Bertz CT molecular complexity index is 309. The van der Waals surface area contributed by atoms with Crippen LogP contribution in [0.1, 0.15) is 47.0 Å². The zero-order valence-corrected chi connectivity index (χ0v) is 11.6. The third kappa shape index (κ3) is 2.82. The molecule has 3 nitrogen and oxygen atoms in total. The van der Waals surface area contributed by atoms with E-state index in [1.165, 1.54) is 12.8 Å². The van der Waals surface area contributed by atoms with Gasteiger partial charge < -0.3 is 10.6 Å². The number of piperidine rings is 1. The van der Waals surface area contributed by atoms with Crippen molar-refractivity contribution >= 4 is 5.91 Å². The quantitative estimate of drug-likeness (QED) is 0.789. The maximum absolute atomic E-state index is 11.9. The molecule has 0 bridgehead atoms. The lowest BCUT2D eigenvalue weighted by Gasteiger charge is -2.39. The molecule has 1 heterocycles. The Kier molecular flexibility index (Phi) is 3.23. The molecule has 2 N–H and O–H groups in total. The summed E-state index contributed by atoms with van der Waals surface area (Å²) < 4.78 is 0. The van der Waals surface area contributed by atoms with Gasteiger partial charge in [0.1, 0.15) is 0 Å². The van der Waals surface area contributed by atoms with Crippen LogP contribution >= 0.6 is 0 Å². The van der Waals surface area contributed by atoms with Gasteiger partial charge in [-0.3, -0.25) is 4.79 Å². The number of hydrogen-bond donors (Lipinski definition) is 2. The SMILES string of the molecule is CC1(C)CCCNC1CNC(=O)C1CC1(C)C.